The largest absolute Gasteiger partial charge is 0.438 e. The van der Waals surface area contributed by atoms with Gasteiger partial charge in [0.1, 0.15) is 5.82 Å². The van der Waals surface area contributed by atoms with Gasteiger partial charge in [-0.05, 0) is 25.3 Å². The van der Waals surface area contributed by atoms with Gasteiger partial charge in [-0.25, -0.2) is 9.37 Å². The van der Waals surface area contributed by atoms with Gasteiger partial charge in [-0.2, -0.15) is 0 Å². The van der Waals surface area contributed by atoms with E-state index in [1.54, 1.807) is 28.0 Å². The number of halogens is 1. The van der Waals surface area contributed by atoms with Crippen LogP contribution in [0.4, 0.5) is 4.39 Å². The second-order valence-electron chi connectivity index (χ2n) is 7.01. The zero-order valence-corrected chi connectivity index (χ0v) is 14.4. The Morgan fingerprint density at radius 1 is 1.19 bits per heavy atom. The average molecular weight is 357 g/mol. The van der Waals surface area contributed by atoms with Crippen LogP contribution in [0, 0.1) is 11.2 Å². The molecule has 6 nitrogen and oxygen atoms in total. The SMILES string of the molecule is O=C(c1cnco1)N1CCC2(CC1)CCN(Cc1ccccc1F)C2=O. The first kappa shape index (κ1) is 16.8. The second-order valence-corrected chi connectivity index (χ2v) is 7.01. The molecule has 0 atom stereocenters. The summed E-state index contributed by atoms with van der Waals surface area (Å²) in [4.78, 5) is 32.5. The normalized spacial score (nSPS) is 19.3. The van der Waals surface area contributed by atoms with Crippen molar-refractivity contribution in [3.63, 3.8) is 0 Å². The predicted octanol–water partition coefficient (Wildman–Crippen LogP) is 2.47. The molecule has 2 aromatic rings. The van der Waals surface area contributed by atoms with Gasteiger partial charge in [0.05, 0.1) is 11.6 Å². The topological polar surface area (TPSA) is 66.7 Å². The van der Waals surface area contributed by atoms with Gasteiger partial charge in [-0.15, -0.1) is 0 Å². The summed E-state index contributed by atoms with van der Waals surface area (Å²) in [5.41, 5.74) is 0.111. The molecule has 4 rings (SSSR count). The number of nitrogens with zero attached hydrogens (tertiary/aromatic N) is 3. The zero-order chi connectivity index (χ0) is 18.1. The van der Waals surface area contributed by atoms with Crippen LogP contribution in [0.25, 0.3) is 0 Å². The van der Waals surface area contributed by atoms with Crippen LogP contribution in [0.15, 0.2) is 41.3 Å². The van der Waals surface area contributed by atoms with Crippen LogP contribution in [0.5, 0.6) is 0 Å². The number of rotatable bonds is 3. The van der Waals surface area contributed by atoms with E-state index in [9.17, 15) is 14.0 Å². The van der Waals surface area contributed by atoms with Crippen molar-refractivity contribution in [3.05, 3.63) is 54.0 Å². The third-order valence-electron chi connectivity index (χ3n) is 5.57. The molecule has 3 heterocycles. The van der Waals surface area contributed by atoms with Crippen LogP contribution in [0.3, 0.4) is 0 Å². The molecule has 0 bridgehead atoms. The van der Waals surface area contributed by atoms with Gasteiger partial charge in [-0.3, -0.25) is 9.59 Å². The molecule has 136 valence electrons. The molecule has 2 saturated heterocycles. The van der Waals surface area contributed by atoms with Crippen molar-refractivity contribution in [2.45, 2.75) is 25.8 Å². The summed E-state index contributed by atoms with van der Waals surface area (Å²) in [6, 6.07) is 6.56. The van der Waals surface area contributed by atoms with Gasteiger partial charge in [0.15, 0.2) is 6.39 Å². The number of piperidine rings is 1. The van der Waals surface area contributed by atoms with E-state index < -0.39 is 5.41 Å². The molecule has 2 fully saturated rings. The van der Waals surface area contributed by atoms with Crippen molar-refractivity contribution in [1.29, 1.82) is 0 Å². The average Bonchev–Trinajstić information content (AvgIpc) is 3.29. The monoisotopic (exact) mass is 357 g/mol. The van der Waals surface area contributed by atoms with Crippen LogP contribution < -0.4 is 0 Å². The lowest BCUT2D eigenvalue weighted by atomic mass is 9.77. The number of carbonyl (C=O) groups is 2. The zero-order valence-electron chi connectivity index (χ0n) is 14.4. The van der Waals surface area contributed by atoms with Crippen LogP contribution in [0.1, 0.15) is 35.4 Å². The lowest BCUT2D eigenvalue weighted by Gasteiger charge is -2.37. The number of likely N-dealkylation sites (tertiary alicyclic amines) is 2. The molecule has 1 aromatic heterocycles. The van der Waals surface area contributed by atoms with E-state index in [2.05, 4.69) is 4.98 Å². The molecule has 2 aliphatic heterocycles. The summed E-state index contributed by atoms with van der Waals surface area (Å²) >= 11 is 0. The maximum Gasteiger partial charge on any atom is 0.291 e. The quantitative estimate of drug-likeness (QED) is 0.846. The molecule has 0 N–H and O–H groups in total. The Balaban J connectivity index is 1.41. The number of aromatic nitrogens is 1. The van der Waals surface area contributed by atoms with E-state index in [1.807, 2.05) is 0 Å². The molecule has 7 heteroatoms. The van der Waals surface area contributed by atoms with E-state index in [1.165, 1.54) is 18.7 Å². The Bertz CT molecular complexity index is 813. The minimum atomic E-state index is -0.427. The first-order valence-electron chi connectivity index (χ1n) is 8.80. The third kappa shape index (κ3) is 2.87. The molecule has 2 amide bonds. The van der Waals surface area contributed by atoms with Gasteiger partial charge in [-0.1, -0.05) is 18.2 Å². The highest BCUT2D eigenvalue weighted by atomic mass is 19.1. The fourth-order valence-electron chi connectivity index (χ4n) is 3.95. The van der Waals surface area contributed by atoms with Crippen molar-refractivity contribution in [2.24, 2.45) is 5.41 Å². The summed E-state index contributed by atoms with van der Waals surface area (Å²) in [6.45, 7) is 1.95. The Morgan fingerprint density at radius 3 is 2.62 bits per heavy atom. The maximum absolute atomic E-state index is 13.9. The summed E-state index contributed by atoms with van der Waals surface area (Å²) in [7, 11) is 0. The molecule has 26 heavy (non-hydrogen) atoms. The van der Waals surface area contributed by atoms with Gasteiger partial charge in [0, 0.05) is 31.7 Å². The highest BCUT2D eigenvalue weighted by molar-refractivity contribution is 5.91. The van der Waals surface area contributed by atoms with Gasteiger partial charge >= 0.3 is 0 Å². The third-order valence-corrected chi connectivity index (χ3v) is 5.57. The van der Waals surface area contributed by atoms with E-state index in [4.69, 9.17) is 4.42 Å². The summed E-state index contributed by atoms with van der Waals surface area (Å²) in [5, 5.41) is 0. The van der Waals surface area contributed by atoms with Crippen molar-refractivity contribution >= 4 is 11.8 Å². The molecule has 0 unspecified atom stereocenters. The fourth-order valence-corrected chi connectivity index (χ4v) is 3.95. The number of hydrogen-bond acceptors (Lipinski definition) is 4. The second kappa shape index (κ2) is 6.55. The first-order valence-corrected chi connectivity index (χ1v) is 8.80. The fraction of sp³-hybridized carbons (Fsp3) is 0.421. The minimum absolute atomic E-state index is 0.0764. The van der Waals surface area contributed by atoms with Gasteiger partial charge in [0.25, 0.3) is 5.91 Å². The minimum Gasteiger partial charge on any atom is -0.438 e. The smallest absolute Gasteiger partial charge is 0.291 e. The number of benzene rings is 1. The predicted molar refractivity (Wildman–Crippen MR) is 90.5 cm³/mol. The Kier molecular flexibility index (Phi) is 4.22. The lowest BCUT2D eigenvalue weighted by Crippen LogP contribution is -2.46. The molecule has 2 aliphatic rings. The highest BCUT2D eigenvalue weighted by Crippen LogP contribution is 2.42. The Morgan fingerprint density at radius 2 is 1.92 bits per heavy atom. The van der Waals surface area contributed by atoms with Crippen molar-refractivity contribution in [2.75, 3.05) is 19.6 Å². The molecular weight excluding hydrogens is 337 g/mol. The first-order chi connectivity index (χ1) is 12.6. The highest BCUT2D eigenvalue weighted by Gasteiger charge is 2.48. The van der Waals surface area contributed by atoms with Crippen molar-refractivity contribution < 1.29 is 18.4 Å². The summed E-state index contributed by atoms with van der Waals surface area (Å²) in [6.07, 6.45) is 4.65. The molecule has 0 saturated carbocycles. The molecule has 0 radical (unpaired) electrons. The number of hydrogen-bond donors (Lipinski definition) is 0. The van der Waals surface area contributed by atoms with Gasteiger partial charge < -0.3 is 14.2 Å². The van der Waals surface area contributed by atoms with Crippen molar-refractivity contribution in [3.8, 4) is 0 Å². The van der Waals surface area contributed by atoms with E-state index in [0.29, 0.717) is 44.6 Å². The van der Waals surface area contributed by atoms with Crippen LogP contribution in [-0.2, 0) is 11.3 Å². The van der Waals surface area contributed by atoms with E-state index >= 15 is 0 Å². The standard InChI is InChI=1S/C19H20FN3O3/c20-15-4-2-1-3-14(15)12-23-10-7-19(18(23)25)5-8-22(9-6-19)17(24)16-11-21-13-26-16/h1-4,11,13H,5-10,12H2. The molecular formula is C19H20FN3O3. The summed E-state index contributed by atoms with van der Waals surface area (Å²) in [5.74, 6) is -0.174. The van der Waals surface area contributed by atoms with E-state index in [0.717, 1.165) is 6.42 Å². The number of carbonyl (C=O) groups excluding carboxylic acids is 2. The number of amides is 2. The van der Waals surface area contributed by atoms with E-state index in [-0.39, 0.29) is 23.4 Å². The lowest BCUT2D eigenvalue weighted by molar-refractivity contribution is -0.138. The summed E-state index contributed by atoms with van der Waals surface area (Å²) < 4.78 is 19.0. The molecule has 0 aliphatic carbocycles. The molecule has 1 aromatic carbocycles. The van der Waals surface area contributed by atoms with Crippen molar-refractivity contribution in [1.82, 2.24) is 14.8 Å². The Hall–Kier alpha value is -2.70. The van der Waals surface area contributed by atoms with Crippen LogP contribution in [-0.4, -0.2) is 46.2 Å². The number of oxazole rings is 1. The molecule has 1 spiro atoms. The van der Waals surface area contributed by atoms with Crippen LogP contribution >= 0.6 is 0 Å². The van der Waals surface area contributed by atoms with Gasteiger partial charge in [0.2, 0.25) is 11.7 Å². The maximum atomic E-state index is 13.9. The Labute approximate surface area is 150 Å². The van der Waals surface area contributed by atoms with Crippen LogP contribution in [0.2, 0.25) is 0 Å².